The number of aliphatic hydroxyl groups is 1. The molecule has 1 spiro atoms. The quantitative estimate of drug-likeness (QED) is 0.212. The van der Waals surface area contributed by atoms with Crippen molar-refractivity contribution in [2.24, 2.45) is 11.8 Å². The molecule has 50 heavy (non-hydrogen) atoms. The first-order chi connectivity index (χ1) is 24.1. The second-order valence-electron chi connectivity index (χ2n) is 13.8. The van der Waals surface area contributed by atoms with Crippen molar-refractivity contribution in [2.75, 3.05) is 36.7 Å². The molecule has 0 unspecified atom stereocenters. The number of amides is 2. The number of anilines is 3. The highest BCUT2D eigenvalue weighted by Gasteiger charge is 2.66. The Hall–Kier alpha value is -5.00. The molecule has 1 N–H and O–H groups in total. The summed E-state index contributed by atoms with van der Waals surface area (Å²) in [5.74, 6) is 0.643. The van der Waals surface area contributed by atoms with Gasteiger partial charge in [-0.1, -0.05) is 56.3 Å². The molecule has 1 aromatic heterocycles. The van der Waals surface area contributed by atoms with Crippen molar-refractivity contribution < 1.29 is 28.9 Å². The molecule has 3 aliphatic rings. The first-order valence-electron chi connectivity index (χ1n) is 17.1. The van der Waals surface area contributed by atoms with Gasteiger partial charge in [0, 0.05) is 55.4 Å². The Morgan fingerprint density at radius 1 is 1.10 bits per heavy atom. The van der Waals surface area contributed by atoms with Crippen LogP contribution < -0.4 is 19.3 Å². The van der Waals surface area contributed by atoms with E-state index in [1.54, 1.807) is 27.7 Å². The van der Waals surface area contributed by atoms with E-state index in [0.29, 0.717) is 48.7 Å². The van der Waals surface area contributed by atoms with E-state index < -0.39 is 11.0 Å². The van der Waals surface area contributed by atoms with Gasteiger partial charge in [-0.25, -0.2) is 0 Å². The Balaban J connectivity index is 1.34. The number of carbonyl (C=O) groups is 2. The summed E-state index contributed by atoms with van der Waals surface area (Å²) in [6.07, 6.45) is 4.20. The van der Waals surface area contributed by atoms with Crippen LogP contribution >= 0.6 is 0 Å². The fraction of sp³-hybridized carbons (Fsp3) is 0.385. The lowest BCUT2D eigenvalue weighted by Crippen LogP contribution is -2.46. The zero-order valence-electron chi connectivity index (χ0n) is 28.9. The summed E-state index contributed by atoms with van der Waals surface area (Å²) < 4.78 is 20.2. The lowest BCUT2D eigenvalue weighted by atomic mass is 9.63. The summed E-state index contributed by atoms with van der Waals surface area (Å²) in [6.45, 7) is 11.2. The average molecular weight is 678 g/mol. The fourth-order valence-electron chi connectivity index (χ4n) is 8.34. The molecule has 7 rings (SSSR count). The van der Waals surface area contributed by atoms with Gasteiger partial charge in [0.05, 0.1) is 30.3 Å². The monoisotopic (exact) mass is 677 g/mol. The van der Waals surface area contributed by atoms with E-state index in [4.69, 9.17) is 14.2 Å². The normalized spacial score (nSPS) is 22.9. The van der Waals surface area contributed by atoms with E-state index in [9.17, 15) is 14.7 Å². The van der Waals surface area contributed by atoms with Crippen LogP contribution in [0.25, 0.3) is 0 Å². The number of hydrogen-bond donors (Lipinski definition) is 1. The van der Waals surface area contributed by atoms with Crippen LogP contribution in [0.15, 0.2) is 85.6 Å². The molecule has 1 fully saturated rings. The molecular formula is C39H43N5O6. The molecule has 4 aromatic rings. The number of aliphatic hydroxyl groups excluding tert-OH is 1. The van der Waals surface area contributed by atoms with E-state index in [1.165, 1.54) is 0 Å². The number of benzene rings is 3. The number of ether oxygens (including phenoxy) is 3. The van der Waals surface area contributed by atoms with Gasteiger partial charge in [0.15, 0.2) is 12.2 Å². The highest BCUT2D eigenvalue weighted by molar-refractivity contribution is 6.10. The molecule has 0 bridgehead atoms. The summed E-state index contributed by atoms with van der Waals surface area (Å²) >= 11 is 0. The predicted octanol–water partition coefficient (Wildman–Crippen LogP) is 5.33. The van der Waals surface area contributed by atoms with Gasteiger partial charge in [0.2, 0.25) is 0 Å². The smallest absolute Gasteiger partial charge is 0.269 e. The third-order valence-corrected chi connectivity index (χ3v) is 10.7. The molecule has 11 heteroatoms. The molecule has 4 atom stereocenters. The average Bonchev–Trinajstić information content (AvgIpc) is 3.77. The molecule has 3 aromatic carbocycles. The zero-order valence-corrected chi connectivity index (χ0v) is 28.9. The van der Waals surface area contributed by atoms with Crippen LogP contribution in [-0.4, -0.2) is 64.9 Å². The van der Waals surface area contributed by atoms with Crippen LogP contribution in [0.2, 0.25) is 0 Å². The van der Waals surface area contributed by atoms with Crippen molar-refractivity contribution in [3.05, 3.63) is 102 Å². The number of rotatable bonds is 11. The SMILES string of the molecule is C=CCN1C(=O)[C@]2(O[C@H](CCn3cc(CCO)nn3)[C@@H](C(C)(C)c3ccc(OC)cc3)[C@@H]2C)c2cc(N3C(=O)COc4ccccc43)ccc21. The maximum absolute atomic E-state index is 14.9. The number of nitrogens with zero attached hydrogens (tertiary/aromatic N) is 5. The van der Waals surface area contributed by atoms with Crippen LogP contribution in [0.3, 0.4) is 0 Å². The minimum absolute atomic E-state index is 0.00502. The zero-order chi connectivity index (χ0) is 35.2. The van der Waals surface area contributed by atoms with Gasteiger partial charge in [-0.3, -0.25) is 19.2 Å². The van der Waals surface area contributed by atoms with E-state index in [1.807, 2.05) is 60.8 Å². The highest BCUT2D eigenvalue weighted by Crippen LogP contribution is 2.60. The summed E-state index contributed by atoms with van der Waals surface area (Å²) in [4.78, 5) is 31.7. The maximum Gasteiger partial charge on any atom is 0.269 e. The number of fused-ring (bicyclic) bond motifs is 3. The summed E-state index contributed by atoms with van der Waals surface area (Å²) in [5, 5.41) is 17.9. The van der Waals surface area contributed by atoms with Crippen molar-refractivity contribution in [3.63, 3.8) is 0 Å². The molecule has 3 aliphatic heterocycles. The molecule has 1 saturated heterocycles. The van der Waals surface area contributed by atoms with Crippen molar-refractivity contribution >= 4 is 28.9 Å². The van der Waals surface area contributed by atoms with Gasteiger partial charge < -0.3 is 24.2 Å². The third-order valence-electron chi connectivity index (χ3n) is 10.7. The van der Waals surface area contributed by atoms with Crippen molar-refractivity contribution in [3.8, 4) is 11.5 Å². The second kappa shape index (κ2) is 13.0. The number of aromatic nitrogens is 3. The van der Waals surface area contributed by atoms with E-state index >= 15 is 0 Å². The Labute approximate surface area is 292 Å². The second-order valence-corrected chi connectivity index (χ2v) is 13.8. The molecule has 4 heterocycles. The summed E-state index contributed by atoms with van der Waals surface area (Å²) in [6, 6.07) is 21.3. The van der Waals surface area contributed by atoms with Crippen LogP contribution in [0, 0.1) is 11.8 Å². The van der Waals surface area contributed by atoms with Crippen LogP contribution in [0.1, 0.15) is 44.0 Å². The number of carbonyl (C=O) groups excluding carboxylic acids is 2. The minimum Gasteiger partial charge on any atom is -0.497 e. The maximum atomic E-state index is 14.9. The van der Waals surface area contributed by atoms with E-state index in [0.717, 1.165) is 22.6 Å². The Bertz CT molecular complexity index is 1920. The molecule has 0 radical (unpaired) electrons. The molecule has 260 valence electrons. The number of methoxy groups -OCH3 is 1. The van der Waals surface area contributed by atoms with Gasteiger partial charge in [0.1, 0.15) is 11.5 Å². The molecule has 0 saturated carbocycles. The Kier molecular flexibility index (Phi) is 8.73. The molecule has 11 nitrogen and oxygen atoms in total. The molecule has 2 amide bonds. The summed E-state index contributed by atoms with van der Waals surface area (Å²) in [5.41, 5.74) is 2.81. The lowest BCUT2D eigenvalue weighted by Gasteiger charge is -2.39. The fourth-order valence-corrected chi connectivity index (χ4v) is 8.34. The number of para-hydroxylation sites is 2. The molecular weight excluding hydrogens is 634 g/mol. The standard InChI is InChI=1S/C39H43N5O6/c1-6-19-43-31-16-13-28(44-32-9-7-8-10-33(32)49-24-35(44)46)22-30(31)39(37(43)47)25(2)36(38(3,4)26-11-14-29(48-5)15-12-26)34(50-39)17-20-42-23-27(18-21-45)40-41-42/h6-16,22-23,25,34,36,45H,1,17-21,24H2,2-5H3/t25-,34+,36-,39+/m0/s1. The lowest BCUT2D eigenvalue weighted by molar-refractivity contribution is -0.146. The Morgan fingerprint density at radius 2 is 1.88 bits per heavy atom. The van der Waals surface area contributed by atoms with E-state index in [2.05, 4.69) is 49.8 Å². The highest BCUT2D eigenvalue weighted by atomic mass is 16.5. The van der Waals surface area contributed by atoms with Crippen molar-refractivity contribution in [1.82, 2.24) is 15.0 Å². The van der Waals surface area contributed by atoms with Gasteiger partial charge >= 0.3 is 0 Å². The van der Waals surface area contributed by atoms with Gasteiger partial charge in [-0.15, -0.1) is 11.7 Å². The number of hydrogen-bond acceptors (Lipinski definition) is 8. The first-order valence-corrected chi connectivity index (χ1v) is 17.1. The van der Waals surface area contributed by atoms with E-state index in [-0.39, 0.29) is 43.0 Å². The van der Waals surface area contributed by atoms with Crippen molar-refractivity contribution in [1.29, 1.82) is 0 Å². The molecule has 0 aliphatic carbocycles. The van der Waals surface area contributed by atoms with Crippen molar-refractivity contribution in [2.45, 2.75) is 57.3 Å². The van der Waals surface area contributed by atoms with Gasteiger partial charge in [-0.2, -0.15) is 0 Å². The topological polar surface area (TPSA) is 119 Å². The predicted molar refractivity (Wildman–Crippen MR) is 189 cm³/mol. The van der Waals surface area contributed by atoms with Crippen LogP contribution in [-0.2, 0) is 38.3 Å². The van der Waals surface area contributed by atoms with Crippen LogP contribution in [0.4, 0.5) is 17.1 Å². The largest absolute Gasteiger partial charge is 0.497 e. The Morgan fingerprint density at radius 3 is 2.62 bits per heavy atom. The third kappa shape index (κ3) is 5.36. The van der Waals surface area contributed by atoms with Gasteiger partial charge in [-0.05, 0) is 59.9 Å². The minimum atomic E-state index is -1.33. The van der Waals surface area contributed by atoms with Crippen LogP contribution in [0.5, 0.6) is 11.5 Å². The summed E-state index contributed by atoms with van der Waals surface area (Å²) in [7, 11) is 1.65. The first kappa shape index (κ1) is 33.5. The number of aryl methyl sites for hydroxylation is 1. The van der Waals surface area contributed by atoms with Gasteiger partial charge in [0.25, 0.3) is 11.8 Å².